The van der Waals surface area contributed by atoms with Crippen LogP contribution in [0.15, 0.2) is 0 Å². The Hall–Kier alpha value is -1.54. The Morgan fingerprint density at radius 1 is 1.18 bits per heavy atom. The van der Waals surface area contributed by atoms with Gasteiger partial charge in [-0.25, -0.2) is 0 Å². The zero-order valence-electron chi connectivity index (χ0n) is 6.52. The number of rotatable bonds is 2. The predicted molar refractivity (Wildman–Crippen MR) is 41.5 cm³/mol. The highest BCUT2D eigenvalue weighted by molar-refractivity contribution is 6.44. The van der Waals surface area contributed by atoms with Crippen molar-refractivity contribution < 1.29 is 9.59 Å². The van der Waals surface area contributed by atoms with Crippen LogP contribution in [0.3, 0.4) is 0 Å². The highest BCUT2D eigenvalue weighted by Gasteiger charge is 2.07. The lowest BCUT2D eigenvalue weighted by molar-refractivity contribution is -0.132. The molecule has 0 amide bonds. The molecular formula is C9H8O2. The normalized spacial score (nSPS) is 6.73. The van der Waals surface area contributed by atoms with E-state index >= 15 is 0 Å². The zero-order valence-corrected chi connectivity index (χ0v) is 6.52. The number of Topliss-reactive ketones (excluding diaryl/α,β-unsaturated/α-hetero) is 2. The van der Waals surface area contributed by atoms with Gasteiger partial charge in [-0.1, -0.05) is 11.8 Å². The first-order valence-electron chi connectivity index (χ1n) is 3.12. The summed E-state index contributed by atoms with van der Waals surface area (Å²) in [6.45, 7) is 3.12. The summed E-state index contributed by atoms with van der Waals surface area (Å²) in [7, 11) is 0. The van der Waals surface area contributed by atoms with Crippen LogP contribution in [0, 0.1) is 23.7 Å². The quantitative estimate of drug-likeness (QED) is 0.326. The van der Waals surface area contributed by atoms with Crippen LogP contribution in [0.2, 0.25) is 0 Å². The van der Waals surface area contributed by atoms with E-state index in [1.54, 1.807) is 6.92 Å². The van der Waals surface area contributed by atoms with Crippen LogP contribution in [0.4, 0.5) is 0 Å². The van der Waals surface area contributed by atoms with Gasteiger partial charge in [0.25, 0.3) is 5.78 Å². The van der Waals surface area contributed by atoms with Crippen molar-refractivity contribution >= 4 is 11.6 Å². The van der Waals surface area contributed by atoms with Gasteiger partial charge in [0.2, 0.25) is 5.78 Å². The minimum absolute atomic E-state index is 0.0238. The van der Waals surface area contributed by atoms with Crippen LogP contribution in [0.5, 0.6) is 0 Å². The largest absolute Gasteiger partial charge is 0.289 e. The highest BCUT2D eigenvalue weighted by atomic mass is 16.2. The first-order valence-corrected chi connectivity index (χ1v) is 3.12. The summed E-state index contributed by atoms with van der Waals surface area (Å²) >= 11 is 0. The van der Waals surface area contributed by atoms with Gasteiger partial charge in [0.1, 0.15) is 0 Å². The molecule has 0 aliphatic carbocycles. The van der Waals surface area contributed by atoms with Crippen molar-refractivity contribution in [3.05, 3.63) is 0 Å². The number of carbonyl (C=O) groups is 2. The monoisotopic (exact) mass is 148 g/mol. The molecule has 0 radical (unpaired) electrons. The molecule has 0 aliphatic heterocycles. The molecule has 2 heteroatoms. The molecule has 0 unspecified atom stereocenters. The Morgan fingerprint density at radius 3 is 2.27 bits per heavy atom. The summed E-state index contributed by atoms with van der Waals surface area (Å²) < 4.78 is 0. The summed E-state index contributed by atoms with van der Waals surface area (Å²) in [6, 6.07) is 0. The smallest absolute Gasteiger partial charge is 0.272 e. The molecule has 2 nitrogen and oxygen atoms in total. The van der Waals surface area contributed by atoms with Gasteiger partial charge in [-0.15, -0.1) is 5.92 Å². The maximum atomic E-state index is 10.7. The minimum atomic E-state index is -0.657. The fourth-order valence-corrected chi connectivity index (χ4v) is 0.432. The molecule has 0 aliphatic rings. The lowest BCUT2D eigenvalue weighted by Crippen LogP contribution is -2.09. The van der Waals surface area contributed by atoms with Gasteiger partial charge in [0, 0.05) is 0 Å². The molecule has 0 aromatic rings. The van der Waals surface area contributed by atoms with Crippen molar-refractivity contribution in [2.24, 2.45) is 0 Å². The molecule has 56 valence electrons. The van der Waals surface area contributed by atoms with Crippen molar-refractivity contribution in [3.8, 4) is 23.7 Å². The maximum Gasteiger partial charge on any atom is 0.272 e. The van der Waals surface area contributed by atoms with E-state index in [0.29, 0.717) is 0 Å². The summed E-state index contributed by atoms with van der Waals surface area (Å²) in [6.07, 6.45) is -0.0238. The highest BCUT2D eigenvalue weighted by Crippen LogP contribution is 1.82. The molecule has 0 fully saturated rings. The molecular weight excluding hydrogens is 140 g/mol. The number of hydrogen-bond donors (Lipinski definition) is 0. The second-order valence-corrected chi connectivity index (χ2v) is 1.73. The molecule has 0 spiro atoms. The first kappa shape index (κ1) is 9.46. The second-order valence-electron chi connectivity index (χ2n) is 1.73. The van der Waals surface area contributed by atoms with Crippen molar-refractivity contribution in [3.63, 3.8) is 0 Å². The van der Waals surface area contributed by atoms with Crippen LogP contribution in [0.25, 0.3) is 0 Å². The molecule has 11 heavy (non-hydrogen) atoms. The Kier molecular flexibility index (Phi) is 4.52. The number of hydrogen-bond acceptors (Lipinski definition) is 2. The van der Waals surface area contributed by atoms with E-state index in [2.05, 4.69) is 23.7 Å². The van der Waals surface area contributed by atoms with Crippen molar-refractivity contribution in [1.82, 2.24) is 0 Å². The molecule has 0 atom stereocenters. The summed E-state index contributed by atoms with van der Waals surface area (Å²) in [4.78, 5) is 21.4. The van der Waals surface area contributed by atoms with Crippen molar-refractivity contribution in [2.75, 3.05) is 0 Å². The van der Waals surface area contributed by atoms with Gasteiger partial charge in [-0.3, -0.25) is 9.59 Å². The van der Waals surface area contributed by atoms with E-state index in [1.165, 1.54) is 6.92 Å². The molecule has 0 saturated carbocycles. The van der Waals surface area contributed by atoms with E-state index < -0.39 is 11.6 Å². The molecule has 0 bridgehead atoms. The maximum absolute atomic E-state index is 10.7. The Morgan fingerprint density at radius 2 is 1.82 bits per heavy atom. The molecule has 0 aromatic carbocycles. The third-order valence-electron chi connectivity index (χ3n) is 0.918. The van der Waals surface area contributed by atoms with Crippen LogP contribution in [0.1, 0.15) is 20.3 Å². The van der Waals surface area contributed by atoms with E-state index in [-0.39, 0.29) is 6.42 Å². The number of carbonyl (C=O) groups excluding carboxylic acids is 2. The second kappa shape index (κ2) is 5.26. The van der Waals surface area contributed by atoms with Crippen molar-refractivity contribution in [2.45, 2.75) is 20.3 Å². The third-order valence-corrected chi connectivity index (χ3v) is 0.918. The first-order chi connectivity index (χ1) is 5.22. The van der Waals surface area contributed by atoms with Gasteiger partial charge in [-0.2, -0.15) is 0 Å². The SMILES string of the molecule is CC#CCC(=O)C(=O)C#CC. The lowest BCUT2D eigenvalue weighted by atomic mass is 10.2. The summed E-state index contributed by atoms with van der Waals surface area (Å²) in [5.41, 5.74) is 0. The Labute approximate surface area is 66.0 Å². The zero-order chi connectivity index (χ0) is 8.69. The average Bonchev–Trinajstić information content (AvgIpc) is 2.00. The minimum Gasteiger partial charge on any atom is -0.289 e. The van der Waals surface area contributed by atoms with E-state index in [9.17, 15) is 9.59 Å². The van der Waals surface area contributed by atoms with E-state index in [1.807, 2.05) is 0 Å². The van der Waals surface area contributed by atoms with Gasteiger partial charge in [0.15, 0.2) is 0 Å². The fraction of sp³-hybridized carbons (Fsp3) is 0.333. The van der Waals surface area contributed by atoms with Crippen molar-refractivity contribution in [1.29, 1.82) is 0 Å². The Bertz CT molecular complexity index is 278. The van der Waals surface area contributed by atoms with Crippen LogP contribution in [-0.4, -0.2) is 11.6 Å². The van der Waals surface area contributed by atoms with Gasteiger partial charge >= 0.3 is 0 Å². The molecule has 0 heterocycles. The van der Waals surface area contributed by atoms with E-state index in [4.69, 9.17) is 0 Å². The topological polar surface area (TPSA) is 34.1 Å². The average molecular weight is 148 g/mol. The Balaban J connectivity index is 4.08. The third kappa shape index (κ3) is 3.95. The van der Waals surface area contributed by atoms with Gasteiger partial charge < -0.3 is 0 Å². The molecule has 0 saturated heterocycles. The van der Waals surface area contributed by atoms with E-state index in [0.717, 1.165) is 0 Å². The molecule has 0 rings (SSSR count). The van der Waals surface area contributed by atoms with Crippen LogP contribution >= 0.6 is 0 Å². The lowest BCUT2D eigenvalue weighted by Gasteiger charge is -1.82. The van der Waals surface area contributed by atoms with Crippen LogP contribution < -0.4 is 0 Å². The molecule has 0 aromatic heterocycles. The predicted octanol–water partition coefficient (Wildman–Crippen LogP) is 0.561. The van der Waals surface area contributed by atoms with Crippen LogP contribution in [-0.2, 0) is 9.59 Å². The molecule has 0 N–H and O–H groups in total. The van der Waals surface area contributed by atoms with Gasteiger partial charge in [-0.05, 0) is 19.8 Å². The van der Waals surface area contributed by atoms with Gasteiger partial charge in [0.05, 0.1) is 6.42 Å². The summed E-state index contributed by atoms with van der Waals surface area (Å²) in [5.74, 6) is 8.34. The summed E-state index contributed by atoms with van der Waals surface area (Å²) in [5, 5.41) is 0. The number of ketones is 2. The standard InChI is InChI=1S/C9H8O2/c1-3-5-7-9(11)8(10)6-4-2/h7H2,1-2H3. The fourth-order valence-electron chi connectivity index (χ4n) is 0.432.